The third-order valence-corrected chi connectivity index (χ3v) is 5.27. The topological polar surface area (TPSA) is 92.5 Å². The van der Waals surface area contributed by atoms with Gasteiger partial charge in [0.15, 0.2) is 5.82 Å². The van der Waals surface area contributed by atoms with Crippen molar-refractivity contribution in [2.45, 2.75) is 18.8 Å². The minimum atomic E-state index is -0.582. The Balaban J connectivity index is 1.40. The molecule has 140 valence electrons. The second kappa shape index (κ2) is 7.11. The van der Waals surface area contributed by atoms with Crippen molar-refractivity contribution in [2.75, 3.05) is 31.1 Å². The Morgan fingerprint density at radius 2 is 1.85 bits per heavy atom. The zero-order valence-electron chi connectivity index (χ0n) is 14.5. The average molecular weight is 388 g/mol. The highest BCUT2D eigenvalue weighted by molar-refractivity contribution is 6.32. The summed E-state index contributed by atoms with van der Waals surface area (Å²) in [5, 5.41) is 19.7. The van der Waals surface area contributed by atoms with Gasteiger partial charge in [0.25, 0.3) is 11.6 Å². The molecule has 9 heteroatoms. The van der Waals surface area contributed by atoms with E-state index in [1.807, 2.05) is 12.1 Å². The van der Waals surface area contributed by atoms with Gasteiger partial charge in [-0.2, -0.15) is 5.10 Å². The van der Waals surface area contributed by atoms with Crippen LogP contribution in [0.4, 0.5) is 11.5 Å². The number of rotatable bonds is 4. The fourth-order valence-corrected chi connectivity index (χ4v) is 3.39. The van der Waals surface area contributed by atoms with Crippen LogP contribution in [0.1, 0.15) is 34.8 Å². The predicted octanol–water partition coefficient (Wildman–Crippen LogP) is 2.88. The number of anilines is 1. The Bertz CT molecular complexity index is 877. The molecule has 2 aliphatic rings. The van der Waals surface area contributed by atoms with E-state index in [9.17, 15) is 14.9 Å². The van der Waals surface area contributed by atoms with Gasteiger partial charge in [-0.05, 0) is 37.1 Å². The molecule has 1 aromatic carbocycles. The van der Waals surface area contributed by atoms with Crippen molar-refractivity contribution in [3.8, 4) is 0 Å². The number of aromatic nitrogens is 2. The quantitative estimate of drug-likeness (QED) is 0.591. The number of hydrogen-bond acceptors (Lipinski definition) is 6. The highest BCUT2D eigenvalue weighted by atomic mass is 35.5. The molecule has 27 heavy (non-hydrogen) atoms. The molecule has 1 saturated carbocycles. The van der Waals surface area contributed by atoms with Gasteiger partial charge >= 0.3 is 0 Å². The van der Waals surface area contributed by atoms with Crippen molar-refractivity contribution >= 4 is 29.0 Å². The van der Waals surface area contributed by atoms with Crippen LogP contribution in [0.5, 0.6) is 0 Å². The fraction of sp³-hybridized carbons (Fsp3) is 0.389. The van der Waals surface area contributed by atoms with Gasteiger partial charge in [0.1, 0.15) is 5.02 Å². The van der Waals surface area contributed by atoms with Crippen molar-refractivity contribution in [3.05, 3.63) is 56.7 Å². The van der Waals surface area contributed by atoms with Gasteiger partial charge in [-0.25, -0.2) is 0 Å². The molecule has 0 radical (unpaired) electrons. The van der Waals surface area contributed by atoms with Crippen molar-refractivity contribution in [3.63, 3.8) is 0 Å². The average Bonchev–Trinajstić information content (AvgIpc) is 3.53. The molecule has 2 heterocycles. The molecule has 4 rings (SSSR count). The van der Waals surface area contributed by atoms with Crippen LogP contribution in [-0.2, 0) is 0 Å². The van der Waals surface area contributed by atoms with E-state index in [1.165, 1.54) is 31.0 Å². The molecule has 0 bridgehead atoms. The first-order valence-corrected chi connectivity index (χ1v) is 9.22. The van der Waals surface area contributed by atoms with Crippen molar-refractivity contribution in [1.82, 2.24) is 15.1 Å². The first kappa shape index (κ1) is 17.7. The lowest BCUT2D eigenvalue weighted by Crippen LogP contribution is -2.49. The Kier molecular flexibility index (Phi) is 4.65. The van der Waals surface area contributed by atoms with E-state index in [2.05, 4.69) is 15.1 Å². The summed E-state index contributed by atoms with van der Waals surface area (Å²) in [4.78, 5) is 26.9. The van der Waals surface area contributed by atoms with Gasteiger partial charge in [-0.3, -0.25) is 14.9 Å². The number of nitro benzene ring substituents is 1. The molecule has 8 nitrogen and oxygen atoms in total. The van der Waals surface area contributed by atoms with Gasteiger partial charge in [0.2, 0.25) is 0 Å². The zero-order valence-corrected chi connectivity index (χ0v) is 15.3. The maximum atomic E-state index is 12.7. The standard InChI is InChI=1S/C18H18ClN5O3/c19-14-4-3-13(11-16(14)24(26)27)18(25)23-9-7-22(8-10-23)17-6-5-15(20-21-17)12-1-2-12/h3-6,11-12H,1-2,7-10H2. The van der Waals surface area contributed by atoms with E-state index in [1.54, 1.807) is 4.90 Å². The summed E-state index contributed by atoms with van der Waals surface area (Å²) in [5.41, 5.74) is 1.07. The number of benzene rings is 1. The Morgan fingerprint density at radius 3 is 2.44 bits per heavy atom. The SMILES string of the molecule is O=C(c1ccc(Cl)c([N+](=O)[O-])c1)N1CCN(c2ccc(C3CC3)nn2)CC1. The molecule has 0 unspecified atom stereocenters. The summed E-state index contributed by atoms with van der Waals surface area (Å²) in [5.74, 6) is 1.16. The number of hydrogen-bond donors (Lipinski definition) is 0. The lowest BCUT2D eigenvalue weighted by molar-refractivity contribution is -0.384. The Hall–Kier alpha value is -2.74. The first-order chi connectivity index (χ1) is 13.0. The van der Waals surface area contributed by atoms with Gasteiger partial charge in [-0.15, -0.1) is 5.10 Å². The van der Waals surface area contributed by atoms with Crippen molar-refractivity contribution < 1.29 is 9.72 Å². The minimum absolute atomic E-state index is 0.0228. The van der Waals surface area contributed by atoms with E-state index in [-0.39, 0.29) is 22.2 Å². The molecule has 1 amide bonds. The van der Waals surface area contributed by atoms with Crippen LogP contribution < -0.4 is 4.90 Å². The third-order valence-electron chi connectivity index (χ3n) is 4.95. The fourth-order valence-electron chi connectivity index (χ4n) is 3.21. The molecule has 1 aliphatic heterocycles. The Labute approximate surface area is 160 Å². The van der Waals surface area contributed by atoms with E-state index >= 15 is 0 Å². The van der Waals surface area contributed by atoms with Crippen LogP contribution >= 0.6 is 11.6 Å². The summed E-state index contributed by atoms with van der Waals surface area (Å²) in [6, 6.07) is 8.16. The van der Waals surface area contributed by atoms with Crippen molar-refractivity contribution in [2.24, 2.45) is 0 Å². The summed E-state index contributed by atoms with van der Waals surface area (Å²) in [7, 11) is 0. The molecule has 1 aromatic heterocycles. The maximum Gasteiger partial charge on any atom is 0.288 e. The van der Waals surface area contributed by atoms with E-state index in [0.29, 0.717) is 32.1 Å². The number of piperazine rings is 1. The van der Waals surface area contributed by atoms with Crippen LogP contribution in [0.2, 0.25) is 5.02 Å². The smallest absolute Gasteiger partial charge is 0.288 e. The van der Waals surface area contributed by atoms with E-state index in [4.69, 9.17) is 11.6 Å². The number of amides is 1. The van der Waals surface area contributed by atoms with Crippen LogP contribution in [0.3, 0.4) is 0 Å². The van der Waals surface area contributed by atoms with Crippen molar-refractivity contribution in [1.29, 1.82) is 0 Å². The number of carbonyl (C=O) groups is 1. The van der Waals surface area contributed by atoms with Gasteiger partial charge < -0.3 is 9.80 Å². The van der Waals surface area contributed by atoms with Crippen LogP contribution in [-0.4, -0.2) is 52.1 Å². The maximum absolute atomic E-state index is 12.7. The Morgan fingerprint density at radius 1 is 1.11 bits per heavy atom. The molecule has 1 aliphatic carbocycles. The van der Waals surface area contributed by atoms with E-state index < -0.39 is 4.92 Å². The summed E-state index contributed by atoms with van der Waals surface area (Å²) in [6.07, 6.45) is 2.38. The molecular weight excluding hydrogens is 370 g/mol. The van der Waals surface area contributed by atoms with Gasteiger partial charge in [-0.1, -0.05) is 11.6 Å². The summed E-state index contributed by atoms with van der Waals surface area (Å²) >= 11 is 5.82. The molecule has 0 atom stereocenters. The molecule has 2 fully saturated rings. The molecule has 0 spiro atoms. The molecular formula is C18H18ClN5O3. The minimum Gasteiger partial charge on any atom is -0.352 e. The highest BCUT2D eigenvalue weighted by Crippen LogP contribution is 2.38. The summed E-state index contributed by atoms with van der Waals surface area (Å²) in [6.45, 7) is 2.31. The number of nitrogens with zero attached hydrogens (tertiary/aromatic N) is 5. The first-order valence-electron chi connectivity index (χ1n) is 8.85. The number of nitro groups is 1. The molecule has 2 aromatic rings. The normalized spacial score (nSPS) is 17.1. The third kappa shape index (κ3) is 3.71. The zero-order chi connectivity index (χ0) is 19.0. The van der Waals surface area contributed by atoms with Gasteiger partial charge in [0, 0.05) is 43.7 Å². The monoisotopic (exact) mass is 387 g/mol. The highest BCUT2D eigenvalue weighted by Gasteiger charge is 2.27. The lowest BCUT2D eigenvalue weighted by Gasteiger charge is -2.35. The summed E-state index contributed by atoms with van der Waals surface area (Å²) < 4.78 is 0. The molecule has 0 N–H and O–H groups in total. The predicted molar refractivity (Wildman–Crippen MR) is 100 cm³/mol. The largest absolute Gasteiger partial charge is 0.352 e. The second-order valence-electron chi connectivity index (χ2n) is 6.79. The number of halogens is 1. The van der Waals surface area contributed by atoms with Crippen LogP contribution in [0.15, 0.2) is 30.3 Å². The lowest BCUT2D eigenvalue weighted by atomic mass is 10.1. The van der Waals surface area contributed by atoms with E-state index in [0.717, 1.165) is 11.5 Å². The van der Waals surface area contributed by atoms with Crippen LogP contribution in [0, 0.1) is 10.1 Å². The van der Waals surface area contributed by atoms with Crippen LogP contribution in [0.25, 0.3) is 0 Å². The number of carbonyl (C=O) groups excluding carboxylic acids is 1. The van der Waals surface area contributed by atoms with Gasteiger partial charge in [0.05, 0.1) is 10.6 Å². The second-order valence-corrected chi connectivity index (χ2v) is 7.20. The molecule has 1 saturated heterocycles.